The Hall–Kier alpha value is -3.19. The van der Waals surface area contributed by atoms with Gasteiger partial charge in [-0.3, -0.25) is 24.2 Å². The number of imide groups is 2. The second-order valence-corrected chi connectivity index (χ2v) is 10.1. The number of nitrogens with zero attached hydrogens (tertiary/aromatic N) is 4. The Labute approximate surface area is 198 Å². The number of amides is 4. The third-order valence-electron chi connectivity index (χ3n) is 5.42. The number of urea groups is 1. The van der Waals surface area contributed by atoms with Crippen LogP contribution in [0.3, 0.4) is 0 Å². The molecule has 4 amide bonds. The van der Waals surface area contributed by atoms with E-state index in [1.165, 1.54) is 38.4 Å². The molecule has 1 N–H and O–H groups in total. The summed E-state index contributed by atoms with van der Waals surface area (Å²) < 4.78 is 32.5. The standard InChI is InChI=1S/C21H29N5O7S/c1-6-21(2,3)19(29)33-13-7-12-22-34(31,32)15-10-8-14(9-11-15)23-24-16-17(27)25(4)20(30)26(5)18(16)28/h8-11,16,22H,6-7,12-13H2,1-5H3. The summed E-state index contributed by atoms with van der Waals surface area (Å²) in [5.74, 6) is -1.93. The number of barbiturate groups is 1. The van der Waals surface area contributed by atoms with Crippen LogP contribution >= 0.6 is 0 Å². The monoisotopic (exact) mass is 495 g/mol. The highest BCUT2D eigenvalue weighted by Crippen LogP contribution is 2.22. The predicted molar refractivity (Wildman–Crippen MR) is 121 cm³/mol. The van der Waals surface area contributed by atoms with Crippen LogP contribution in [0, 0.1) is 5.41 Å². The van der Waals surface area contributed by atoms with Gasteiger partial charge in [0.05, 0.1) is 22.6 Å². The molecule has 0 spiro atoms. The molecule has 1 aliphatic heterocycles. The minimum Gasteiger partial charge on any atom is -0.465 e. The van der Waals surface area contributed by atoms with Crippen LogP contribution in [0.4, 0.5) is 10.5 Å². The Morgan fingerprint density at radius 1 is 1.09 bits per heavy atom. The smallest absolute Gasteiger partial charge is 0.333 e. The van der Waals surface area contributed by atoms with Crippen molar-refractivity contribution in [2.24, 2.45) is 15.6 Å². The second-order valence-electron chi connectivity index (χ2n) is 8.31. The summed E-state index contributed by atoms with van der Waals surface area (Å²) in [6.45, 7) is 5.62. The molecular weight excluding hydrogens is 466 g/mol. The number of ether oxygens (including phenoxy) is 1. The van der Waals surface area contributed by atoms with Crippen LogP contribution in [0.15, 0.2) is 39.4 Å². The Kier molecular flexibility index (Phi) is 8.61. The summed E-state index contributed by atoms with van der Waals surface area (Å²) in [7, 11) is -1.34. The van der Waals surface area contributed by atoms with E-state index >= 15 is 0 Å². The van der Waals surface area contributed by atoms with Crippen molar-refractivity contribution < 1.29 is 32.3 Å². The van der Waals surface area contributed by atoms with Gasteiger partial charge in [0.1, 0.15) is 0 Å². The molecule has 0 saturated carbocycles. The predicted octanol–water partition coefficient (Wildman–Crippen LogP) is 1.84. The number of carbonyl (C=O) groups excluding carboxylic acids is 4. The topological polar surface area (TPSA) is 155 Å². The summed E-state index contributed by atoms with van der Waals surface area (Å²) >= 11 is 0. The number of carbonyl (C=O) groups is 4. The third-order valence-corrected chi connectivity index (χ3v) is 6.90. The highest BCUT2D eigenvalue weighted by molar-refractivity contribution is 7.89. The first-order valence-corrected chi connectivity index (χ1v) is 12.1. The zero-order valence-corrected chi connectivity index (χ0v) is 20.6. The molecule has 13 heteroatoms. The van der Waals surface area contributed by atoms with E-state index < -0.39 is 39.3 Å². The fourth-order valence-electron chi connectivity index (χ4n) is 2.67. The van der Waals surface area contributed by atoms with Crippen molar-refractivity contribution in [3.8, 4) is 0 Å². The molecule has 1 fully saturated rings. The van der Waals surface area contributed by atoms with Crippen molar-refractivity contribution in [1.29, 1.82) is 0 Å². The normalized spacial score (nSPS) is 16.0. The summed E-state index contributed by atoms with van der Waals surface area (Å²) in [5, 5.41) is 7.57. The molecule has 0 unspecified atom stereocenters. The zero-order valence-electron chi connectivity index (χ0n) is 19.8. The van der Waals surface area contributed by atoms with Gasteiger partial charge in [-0.05, 0) is 51.0 Å². The fraction of sp³-hybridized carbons (Fsp3) is 0.524. The van der Waals surface area contributed by atoms with E-state index in [1.54, 1.807) is 13.8 Å². The van der Waals surface area contributed by atoms with Crippen LogP contribution in [0.1, 0.15) is 33.6 Å². The molecule has 186 valence electrons. The average Bonchev–Trinajstić information content (AvgIpc) is 2.81. The Morgan fingerprint density at radius 3 is 2.18 bits per heavy atom. The lowest BCUT2D eigenvalue weighted by Crippen LogP contribution is -2.58. The van der Waals surface area contributed by atoms with E-state index in [0.717, 1.165) is 9.80 Å². The van der Waals surface area contributed by atoms with Crippen LogP contribution in [-0.2, 0) is 29.1 Å². The lowest BCUT2D eigenvalue weighted by atomic mass is 9.91. The molecule has 1 saturated heterocycles. The number of benzene rings is 1. The number of rotatable bonds is 10. The van der Waals surface area contributed by atoms with Crippen LogP contribution in [0.25, 0.3) is 0 Å². The number of hydrogen-bond donors (Lipinski definition) is 1. The van der Waals surface area contributed by atoms with E-state index in [0.29, 0.717) is 12.8 Å². The van der Waals surface area contributed by atoms with Gasteiger partial charge in [0.2, 0.25) is 16.1 Å². The first-order valence-electron chi connectivity index (χ1n) is 10.6. The number of sulfonamides is 1. The van der Waals surface area contributed by atoms with Gasteiger partial charge >= 0.3 is 12.0 Å². The van der Waals surface area contributed by atoms with Gasteiger partial charge < -0.3 is 4.74 Å². The molecule has 1 heterocycles. The van der Waals surface area contributed by atoms with Crippen LogP contribution in [0.5, 0.6) is 0 Å². The number of azo groups is 1. The summed E-state index contributed by atoms with van der Waals surface area (Å²) in [6, 6.07) is 3.08. The molecule has 34 heavy (non-hydrogen) atoms. The minimum absolute atomic E-state index is 0.0227. The quantitative estimate of drug-likeness (QED) is 0.225. The maximum Gasteiger partial charge on any atom is 0.333 e. The lowest BCUT2D eigenvalue weighted by Gasteiger charge is -2.30. The van der Waals surface area contributed by atoms with Gasteiger partial charge in [-0.1, -0.05) is 6.92 Å². The van der Waals surface area contributed by atoms with E-state index in [9.17, 15) is 27.6 Å². The molecule has 1 aromatic carbocycles. The van der Waals surface area contributed by atoms with E-state index in [4.69, 9.17) is 4.74 Å². The van der Waals surface area contributed by atoms with Crippen molar-refractivity contribution in [1.82, 2.24) is 14.5 Å². The van der Waals surface area contributed by atoms with E-state index in [2.05, 4.69) is 15.0 Å². The highest BCUT2D eigenvalue weighted by Gasteiger charge is 2.42. The SMILES string of the molecule is CCC(C)(C)C(=O)OCCCNS(=O)(=O)c1ccc(N=NC2C(=O)N(C)C(=O)N(C)C2=O)cc1. The average molecular weight is 496 g/mol. The molecule has 0 aliphatic carbocycles. The minimum atomic E-state index is -3.81. The molecule has 0 radical (unpaired) electrons. The van der Waals surface area contributed by atoms with Gasteiger partial charge in [0.25, 0.3) is 11.8 Å². The third kappa shape index (κ3) is 6.23. The lowest BCUT2D eigenvalue weighted by molar-refractivity contribution is -0.154. The molecule has 0 atom stereocenters. The van der Waals surface area contributed by atoms with E-state index in [1.807, 2.05) is 6.92 Å². The molecule has 12 nitrogen and oxygen atoms in total. The highest BCUT2D eigenvalue weighted by atomic mass is 32.2. The number of likely N-dealkylation sites (N-methyl/N-ethyl adjacent to an activating group) is 2. The summed E-state index contributed by atoms with van der Waals surface area (Å²) in [4.78, 5) is 49.5. The number of hydrogen-bond acceptors (Lipinski definition) is 9. The first-order chi connectivity index (χ1) is 15.8. The number of nitrogens with one attached hydrogen (secondary N) is 1. The van der Waals surface area contributed by atoms with Gasteiger partial charge in [0.15, 0.2) is 0 Å². The van der Waals surface area contributed by atoms with Gasteiger partial charge in [-0.25, -0.2) is 17.9 Å². The molecule has 0 aromatic heterocycles. The van der Waals surface area contributed by atoms with Crippen LogP contribution in [-0.4, -0.2) is 75.3 Å². The van der Waals surface area contributed by atoms with Crippen molar-refractivity contribution in [3.05, 3.63) is 24.3 Å². The Morgan fingerprint density at radius 2 is 1.65 bits per heavy atom. The van der Waals surface area contributed by atoms with Crippen molar-refractivity contribution in [3.63, 3.8) is 0 Å². The summed E-state index contributed by atoms with van der Waals surface area (Å²) in [5.41, 5.74) is -0.369. The van der Waals surface area contributed by atoms with Gasteiger partial charge in [0, 0.05) is 20.6 Å². The summed E-state index contributed by atoms with van der Waals surface area (Å²) in [6.07, 6.45) is 0.945. The second kappa shape index (κ2) is 10.8. The molecule has 1 aliphatic rings. The van der Waals surface area contributed by atoms with Crippen molar-refractivity contribution in [2.75, 3.05) is 27.2 Å². The van der Waals surface area contributed by atoms with E-state index in [-0.39, 0.29) is 29.7 Å². The van der Waals surface area contributed by atoms with Crippen LogP contribution in [0.2, 0.25) is 0 Å². The van der Waals surface area contributed by atoms with Crippen LogP contribution < -0.4 is 4.72 Å². The largest absolute Gasteiger partial charge is 0.465 e. The van der Waals surface area contributed by atoms with Gasteiger partial charge in [-0.15, -0.1) is 0 Å². The maximum absolute atomic E-state index is 12.4. The Balaban J connectivity index is 1.93. The first kappa shape index (κ1) is 27.1. The van der Waals surface area contributed by atoms with Crippen molar-refractivity contribution >= 4 is 39.5 Å². The maximum atomic E-state index is 12.4. The molecule has 2 rings (SSSR count). The van der Waals surface area contributed by atoms with Crippen molar-refractivity contribution in [2.45, 2.75) is 44.6 Å². The molecule has 0 bridgehead atoms. The zero-order chi connectivity index (χ0) is 25.7. The van der Waals surface area contributed by atoms with Gasteiger partial charge in [-0.2, -0.15) is 10.2 Å². The fourth-order valence-corrected chi connectivity index (χ4v) is 3.74. The molecule has 1 aromatic rings. The number of esters is 1. The Bertz CT molecular complexity index is 1060. The molecular formula is C21H29N5O7S.